The third-order valence-electron chi connectivity index (χ3n) is 3.87. The van der Waals surface area contributed by atoms with Gasteiger partial charge in [-0.2, -0.15) is 14.9 Å². The first kappa shape index (κ1) is 17.9. The molecule has 0 radical (unpaired) electrons. The van der Waals surface area contributed by atoms with Crippen LogP contribution in [-0.2, 0) is 6.61 Å². The predicted molar refractivity (Wildman–Crippen MR) is 104 cm³/mol. The van der Waals surface area contributed by atoms with E-state index in [1.165, 1.54) is 5.56 Å². The summed E-state index contributed by atoms with van der Waals surface area (Å²) in [6.07, 6.45) is 1.78. The number of ether oxygens (including phenoxy) is 2. The molecule has 1 heterocycles. The number of aromatic nitrogens is 3. The number of nitrogens with zero attached hydrogens (tertiary/aromatic N) is 3. The van der Waals surface area contributed by atoms with E-state index in [9.17, 15) is 0 Å². The van der Waals surface area contributed by atoms with Crippen LogP contribution >= 0.6 is 12.2 Å². The maximum atomic E-state index is 5.78. The highest BCUT2D eigenvalue weighted by molar-refractivity contribution is 7.71. The van der Waals surface area contributed by atoms with Gasteiger partial charge in [-0.05, 0) is 49.3 Å². The number of rotatable bonds is 6. The van der Waals surface area contributed by atoms with Crippen LogP contribution in [0.4, 0.5) is 0 Å². The van der Waals surface area contributed by atoms with Crippen LogP contribution in [0.15, 0.2) is 47.6 Å². The van der Waals surface area contributed by atoms with Crippen molar-refractivity contribution in [3.63, 3.8) is 0 Å². The number of methoxy groups -OCH3 is 1. The summed E-state index contributed by atoms with van der Waals surface area (Å²) in [5, 5.41) is 11.4. The van der Waals surface area contributed by atoms with Crippen LogP contribution in [0.3, 0.4) is 0 Å². The van der Waals surface area contributed by atoms with Crippen LogP contribution in [0.5, 0.6) is 11.5 Å². The molecular formula is C19H20N4O2S. The first-order valence-corrected chi connectivity index (χ1v) is 8.52. The van der Waals surface area contributed by atoms with Crippen LogP contribution in [0.2, 0.25) is 0 Å². The van der Waals surface area contributed by atoms with E-state index >= 15 is 0 Å². The summed E-state index contributed by atoms with van der Waals surface area (Å²) in [7, 11) is 1.62. The molecule has 0 saturated heterocycles. The number of aromatic amines is 1. The Labute approximate surface area is 157 Å². The molecule has 0 aliphatic heterocycles. The van der Waals surface area contributed by atoms with Crippen molar-refractivity contribution in [3.8, 4) is 11.5 Å². The van der Waals surface area contributed by atoms with Gasteiger partial charge in [-0.1, -0.05) is 29.8 Å². The lowest BCUT2D eigenvalue weighted by Gasteiger charge is -2.07. The van der Waals surface area contributed by atoms with E-state index in [2.05, 4.69) is 33.5 Å². The lowest BCUT2D eigenvalue weighted by Crippen LogP contribution is -2.04. The monoisotopic (exact) mass is 368 g/mol. The van der Waals surface area contributed by atoms with Gasteiger partial charge in [0.25, 0.3) is 0 Å². The van der Waals surface area contributed by atoms with E-state index in [4.69, 9.17) is 21.7 Å². The van der Waals surface area contributed by atoms with Gasteiger partial charge >= 0.3 is 0 Å². The molecular weight excluding hydrogens is 348 g/mol. The van der Waals surface area contributed by atoms with Crippen molar-refractivity contribution in [2.75, 3.05) is 7.11 Å². The number of aryl methyl sites for hydroxylation is 2. The maximum absolute atomic E-state index is 5.78. The fraction of sp³-hybridized carbons (Fsp3) is 0.211. The van der Waals surface area contributed by atoms with Gasteiger partial charge in [-0.3, -0.25) is 0 Å². The average molecular weight is 368 g/mol. The molecule has 0 unspecified atom stereocenters. The van der Waals surface area contributed by atoms with Gasteiger partial charge in [0.05, 0.1) is 13.3 Å². The molecule has 134 valence electrons. The Morgan fingerprint density at radius 1 is 1.19 bits per heavy atom. The summed E-state index contributed by atoms with van der Waals surface area (Å²) in [5.41, 5.74) is 3.35. The Bertz CT molecular complexity index is 991. The van der Waals surface area contributed by atoms with E-state index in [1.54, 1.807) is 18.0 Å². The summed E-state index contributed by atoms with van der Waals surface area (Å²) in [6, 6.07) is 13.6. The van der Waals surface area contributed by atoms with Crippen LogP contribution < -0.4 is 9.47 Å². The van der Waals surface area contributed by atoms with Crippen molar-refractivity contribution in [1.29, 1.82) is 0 Å². The zero-order valence-electron chi connectivity index (χ0n) is 14.9. The fourth-order valence-electron chi connectivity index (χ4n) is 2.39. The molecule has 0 amide bonds. The first-order chi connectivity index (χ1) is 12.6. The van der Waals surface area contributed by atoms with Crippen LogP contribution in [0, 0.1) is 18.6 Å². The van der Waals surface area contributed by atoms with E-state index in [1.807, 2.05) is 38.1 Å². The van der Waals surface area contributed by atoms with Crippen LogP contribution in [0.1, 0.15) is 22.5 Å². The lowest BCUT2D eigenvalue weighted by molar-refractivity contribution is 0.288. The standard InChI is InChI=1S/C19H20N4O2S/c1-13-7-8-14(2)15(9-13)11-20-23-18(21-22-19(23)26)12-25-17-6-4-5-16(10-17)24-3/h4-11H,12H2,1-3H3,(H,22,26)/b20-11-. The fourth-order valence-corrected chi connectivity index (χ4v) is 2.59. The molecule has 1 aromatic heterocycles. The molecule has 3 rings (SSSR count). The second-order valence-corrected chi connectivity index (χ2v) is 6.22. The molecule has 1 N–H and O–H groups in total. The summed E-state index contributed by atoms with van der Waals surface area (Å²) >= 11 is 5.27. The largest absolute Gasteiger partial charge is 0.497 e. The highest BCUT2D eigenvalue weighted by Gasteiger charge is 2.07. The Morgan fingerprint density at radius 2 is 2.00 bits per heavy atom. The van der Waals surface area contributed by atoms with Gasteiger partial charge in [-0.25, -0.2) is 5.10 Å². The predicted octanol–water partition coefficient (Wildman–Crippen LogP) is 4.03. The summed E-state index contributed by atoms with van der Waals surface area (Å²) in [6.45, 7) is 4.32. The topological polar surface area (TPSA) is 64.4 Å². The number of nitrogens with one attached hydrogen (secondary N) is 1. The number of benzene rings is 2. The van der Waals surface area contributed by atoms with Gasteiger partial charge < -0.3 is 9.47 Å². The van der Waals surface area contributed by atoms with Gasteiger partial charge in [-0.15, -0.1) is 0 Å². The SMILES string of the molecule is COc1cccc(OCc2n[nH]c(=S)n2/N=C\c2cc(C)ccc2C)c1. The molecule has 7 heteroatoms. The zero-order valence-corrected chi connectivity index (χ0v) is 15.7. The summed E-state index contributed by atoms with van der Waals surface area (Å²) in [5.74, 6) is 2.00. The molecule has 0 saturated carbocycles. The highest BCUT2D eigenvalue weighted by atomic mass is 32.1. The van der Waals surface area contributed by atoms with Gasteiger partial charge in [0.2, 0.25) is 4.77 Å². The van der Waals surface area contributed by atoms with E-state index in [0.717, 1.165) is 16.9 Å². The van der Waals surface area contributed by atoms with E-state index in [0.29, 0.717) is 16.3 Å². The van der Waals surface area contributed by atoms with Gasteiger partial charge in [0.15, 0.2) is 5.82 Å². The van der Waals surface area contributed by atoms with Crippen molar-refractivity contribution in [2.24, 2.45) is 5.10 Å². The molecule has 0 aliphatic carbocycles. The normalized spacial score (nSPS) is 11.0. The van der Waals surface area contributed by atoms with Crippen molar-refractivity contribution in [1.82, 2.24) is 14.9 Å². The Kier molecular flexibility index (Phi) is 5.48. The minimum absolute atomic E-state index is 0.227. The zero-order chi connectivity index (χ0) is 18.5. The van der Waals surface area contributed by atoms with Gasteiger partial charge in [0, 0.05) is 6.07 Å². The van der Waals surface area contributed by atoms with Crippen molar-refractivity contribution < 1.29 is 9.47 Å². The third kappa shape index (κ3) is 4.18. The van der Waals surface area contributed by atoms with Crippen molar-refractivity contribution in [2.45, 2.75) is 20.5 Å². The van der Waals surface area contributed by atoms with E-state index in [-0.39, 0.29) is 6.61 Å². The first-order valence-electron chi connectivity index (χ1n) is 8.11. The second-order valence-electron chi connectivity index (χ2n) is 5.83. The van der Waals surface area contributed by atoms with E-state index < -0.39 is 0 Å². The summed E-state index contributed by atoms with van der Waals surface area (Å²) in [4.78, 5) is 0. The summed E-state index contributed by atoms with van der Waals surface area (Å²) < 4.78 is 13.0. The number of hydrogen-bond acceptors (Lipinski definition) is 5. The van der Waals surface area contributed by atoms with Crippen molar-refractivity contribution in [3.05, 3.63) is 69.8 Å². The van der Waals surface area contributed by atoms with Crippen LogP contribution in [0.25, 0.3) is 0 Å². The molecule has 3 aromatic rings. The molecule has 0 spiro atoms. The molecule has 6 nitrogen and oxygen atoms in total. The second kappa shape index (κ2) is 7.97. The molecule has 0 fully saturated rings. The smallest absolute Gasteiger partial charge is 0.216 e. The maximum Gasteiger partial charge on any atom is 0.216 e. The molecule has 26 heavy (non-hydrogen) atoms. The average Bonchev–Trinajstić information content (AvgIpc) is 3.00. The molecule has 0 aliphatic rings. The van der Waals surface area contributed by atoms with Crippen molar-refractivity contribution >= 4 is 18.4 Å². The third-order valence-corrected chi connectivity index (χ3v) is 4.14. The molecule has 0 bridgehead atoms. The minimum Gasteiger partial charge on any atom is -0.497 e. The lowest BCUT2D eigenvalue weighted by atomic mass is 10.1. The number of hydrogen-bond donors (Lipinski definition) is 1. The molecule has 0 atom stereocenters. The van der Waals surface area contributed by atoms with Gasteiger partial charge in [0.1, 0.15) is 18.1 Å². The quantitative estimate of drug-likeness (QED) is 0.527. The molecule has 2 aromatic carbocycles. The minimum atomic E-state index is 0.227. The Morgan fingerprint density at radius 3 is 2.81 bits per heavy atom. The highest BCUT2D eigenvalue weighted by Crippen LogP contribution is 2.19. The van der Waals surface area contributed by atoms with Crippen LogP contribution in [-0.4, -0.2) is 28.2 Å². The Hall–Kier alpha value is -2.93. The Balaban J connectivity index is 1.79. The number of H-pyrrole nitrogens is 1.